The van der Waals surface area contributed by atoms with Gasteiger partial charge in [0, 0.05) is 17.5 Å². The van der Waals surface area contributed by atoms with E-state index in [2.05, 4.69) is 5.32 Å². The highest BCUT2D eigenvalue weighted by Crippen LogP contribution is 2.32. The lowest BCUT2D eigenvalue weighted by molar-refractivity contribution is -0.136. The van der Waals surface area contributed by atoms with E-state index in [0.29, 0.717) is 0 Å². The molecule has 3 rings (SSSR count). The Morgan fingerprint density at radius 3 is 2.75 bits per heavy atom. The van der Waals surface area contributed by atoms with Crippen LogP contribution in [0.25, 0.3) is 0 Å². The molecule has 2 aliphatic rings. The summed E-state index contributed by atoms with van der Waals surface area (Å²) in [4.78, 5) is 36.3. The maximum atomic E-state index is 13.8. The van der Waals surface area contributed by atoms with Crippen molar-refractivity contribution in [2.45, 2.75) is 25.4 Å². The average Bonchev–Trinajstić information content (AvgIpc) is 2.72. The van der Waals surface area contributed by atoms with Crippen molar-refractivity contribution in [2.75, 3.05) is 0 Å². The lowest BCUT2D eigenvalue weighted by Crippen LogP contribution is -2.52. The van der Waals surface area contributed by atoms with Crippen LogP contribution in [-0.4, -0.2) is 33.8 Å². The third-order valence-corrected chi connectivity index (χ3v) is 3.63. The van der Waals surface area contributed by atoms with Crippen LogP contribution in [0, 0.1) is 5.82 Å². The van der Waals surface area contributed by atoms with Crippen molar-refractivity contribution in [1.82, 2.24) is 10.2 Å². The van der Waals surface area contributed by atoms with E-state index in [-0.39, 0.29) is 36.4 Å². The van der Waals surface area contributed by atoms with Gasteiger partial charge in [-0.15, -0.1) is 0 Å². The van der Waals surface area contributed by atoms with Crippen LogP contribution in [0.5, 0.6) is 5.75 Å². The van der Waals surface area contributed by atoms with Gasteiger partial charge in [0.1, 0.15) is 6.04 Å². The fourth-order valence-electron chi connectivity index (χ4n) is 2.59. The van der Waals surface area contributed by atoms with Gasteiger partial charge in [0.2, 0.25) is 11.8 Å². The third-order valence-electron chi connectivity index (χ3n) is 3.63. The first-order valence-electron chi connectivity index (χ1n) is 6.14. The second-order valence-corrected chi connectivity index (χ2v) is 4.82. The highest BCUT2D eigenvalue weighted by Gasteiger charge is 2.40. The molecule has 0 bridgehead atoms. The Hall–Kier alpha value is -2.44. The van der Waals surface area contributed by atoms with Gasteiger partial charge in [-0.1, -0.05) is 0 Å². The van der Waals surface area contributed by atoms with E-state index in [9.17, 15) is 23.9 Å². The van der Waals surface area contributed by atoms with Crippen LogP contribution in [0.4, 0.5) is 4.39 Å². The molecule has 20 heavy (non-hydrogen) atoms. The fraction of sp³-hybridized carbons (Fsp3) is 0.308. The summed E-state index contributed by atoms with van der Waals surface area (Å²) in [5.74, 6) is -2.76. The van der Waals surface area contributed by atoms with E-state index in [1.54, 1.807) is 0 Å². The average molecular weight is 278 g/mol. The van der Waals surface area contributed by atoms with Crippen LogP contribution in [0.2, 0.25) is 0 Å². The number of phenols is 1. The van der Waals surface area contributed by atoms with E-state index in [1.807, 2.05) is 0 Å². The zero-order valence-electron chi connectivity index (χ0n) is 10.4. The van der Waals surface area contributed by atoms with Gasteiger partial charge in [-0.3, -0.25) is 19.7 Å². The Balaban J connectivity index is 1.92. The summed E-state index contributed by atoms with van der Waals surface area (Å²) in [5, 5.41) is 11.5. The molecule has 1 aromatic carbocycles. The minimum absolute atomic E-state index is 0.0827. The Labute approximate surface area is 113 Å². The van der Waals surface area contributed by atoms with Crippen molar-refractivity contribution in [1.29, 1.82) is 0 Å². The third kappa shape index (κ3) is 1.74. The van der Waals surface area contributed by atoms with Gasteiger partial charge in [0.05, 0.1) is 6.54 Å². The number of nitrogens with one attached hydrogen (secondary N) is 1. The van der Waals surface area contributed by atoms with Crippen molar-refractivity contribution in [3.63, 3.8) is 0 Å². The van der Waals surface area contributed by atoms with E-state index < -0.39 is 29.4 Å². The fourth-order valence-corrected chi connectivity index (χ4v) is 2.59. The van der Waals surface area contributed by atoms with Crippen molar-refractivity contribution in [3.05, 3.63) is 29.1 Å². The topological polar surface area (TPSA) is 86.7 Å². The first-order valence-corrected chi connectivity index (χ1v) is 6.14. The molecule has 0 radical (unpaired) electrons. The summed E-state index contributed by atoms with van der Waals surface area (Å²) in [6.07, 6.45) is 0.363. The summed E-state index contributed by atoms with van der Waals surface area (Å²) in [6, 6.07) is 1.66. The van der Waals surface area contributed by atoms with Crippen LogP contribution in [0.15, 0.2) is 12.1 Å². The molecular weight excluding hydrogens is 267 g/mol. The maximum Gasteiger partial charge on any atom is 0.255 e. The summed E-state index contributed by atoms with van der Waals surface area (Å²) < 4.78 is 13.8. The van der Waals surface area contributed by atoms with E-state index in [4.69, 9.17) is 0 Å². The Morgan fingerprint density at radius 2 is 2.05 bits per heavy atom. The minimum Gasteiger partial charge on any atom is -0.505 e. The maximum absolute atomic E-state index is 13.8. The molecule has 3 amide bonds. The van der Waals surface area contributed by atoms with E-state index >= 15 is 0 Å². The zero-order valence-corrected chi connectivity index (χ0v) is 10.4. The van der Waals surface area contributed by atoms with Gasteiger partial charge in [-0.05, 0) is 18.6 Å². The number of carbonyl (C=O) groups excluding carboxylic acids is 3. The number of rotatable bonds is 1. The number of amides is 3. The van der Waals surface area contributed by atoms with Gasteiger partial charge in [0.25, 0.3) is 5.91 Å². The largest absolute Gasteiger partial charge is 0.505 e. The molecular formula is C13H11FN2O4. The summed E-state index contributed by atoms with van der Waals surface area (Å²) >= 11 is 0. The molecule has 1 atom stereocenters. The number of aromatic hydroxyl groups is 1. The molecule has 2 heterocycles. The summed E-state index contributed by atoms with van der Waals surface area (Å²) in [7, 11) is 0. The Bertz CT molecular complexity index is 644. The highest BCUT2D eigenvalue weighted by atomic mass is 19.1. The highest BCUT2D eigenvalue weighted by molar-refractivity contribution is 6.05. The normalized spacial score (nSPS) is 21.9. The van der Waals surface area contributed by atoms with Gasteiger partial charge in [0.15, 0.2) is 11.6 Å². The quantitative estimate of drug-likeness (QED) is 0.723. The summed E-state index contributed by atoms with van der Waals surface area (Å²) in [6.45, 7) is -0.0827. The number of imide groups is 1. The van der Waals surface area contributed by atoms with Gasteiger partial charge >= 0.3 is 0 Å². The van der Waals surface area contributed by atoms with E-state index in [0.717, 1.165) is 6.07 Å². The number of carbonyl (C=O) groups is 3. The standard InChI is InChI=1S/C13H11FN2O4/c14-11-7-5-16(8-2-4-10(18)15-12(8)19)13(20)6(7)1-3-9(11)17/h1,3,8,17H,2,4-5H2,(H,15,18,19). The minimum atomic E-state index is -0.842. The lowest BCUT2D eigenvalue weighted by Gasteiger charge is -2.29. The molecule has 1 aromatic rings. The van der Waals surface area contributed by atoms with Crippen LogP contribution in [0.3, 0.4) is 0 Å². The first-order chi connectivity index (χ1) is 9.49. The van der Waals surface area contributed by atoms with Crippen molar-refractivity contribution in [2.24, 2.45) is 0 Å². The monoisotopic (exact) mass is 278 g/mol. The van der Waals surface area contributed by atoms with Crippen LogP contribution in [-0.2, 0) is 16.1 Å². The molecule has 0 aliphatic carbocycles. The number of hydrogen-bond donors (Lipinski definition) is 2. The van der Waals surface area contributed by atoms with Crippen molar-refractivity contribution in [3.8, 4) is 5.75 Å². The second-order valence-electron chi connectivity index (χ2n) is 4.82. The Kier molecular flexibility index (Phi) is 2.70. The molecule has 0 spiro atoms. The number of phenolic OH excluding ortho intramolecular Hbond substituents is 1. The van der Waals surface area contributed by atoms with Gasteiger partial charge < -0.3 is 10.0 Å². The SMILES string of the molecule is O=C1CCC(N2Cc3c(ccc(O)c3F)C2=O)C(=O)N1. The number of piperidine rings is 1. The number of hydrogen-bond acceptors (Lipinski definition) is 4. The molecule has 104 valence electrons. The molecule has 1 fully saturated rings. The molecule has 2 aliphatic heterocycles. The molecule has 7 heteroatoms. The van der Waals surface area contributed by atoms with Gasteiger partial charge in [-0.25, -0.2) is 4.39 Å². The second kappa shape index (κ2) is 4.29. The van der Waals surface area contributed by atoms with Crippen molar-refractivity contribution >= 4 is 17.7 Å². The van der Waals surface area contributed by atoms with Crippen molar-refractivity contribution < 1.29 is 23.9 Å². The first kappa shape index (κ1) is 12.6. The number of fused-ring (bicyclic) bond motifs is 1. The predicted molar refractivity (Wildman–Crippen MR) is 64.1 cm³/mol. The smallest absolute Gasteiger partial charge is 0.255 e. The number of benzene rings is 1. The summed E-state index contributed by atoms with van der Waals surface area (Å²) in [5.41, 5.74) is 0.227. The van der Waals surface area contributed by atoms with E-state index in [1.165, 1.54) is 11.0 Å². The predicted octanol–water partition coefficient (Wildman–Crippen LogP) is 0.292. The molecule has 1 saturated heterocycles. The van der Waals surface area contributed by atoms with Crippen LogP contribution < -0.4 is 5.32 Å². The molecule has 0 saturated carbocycles. The number of nitrogens with zero attached hydrogens (tertiary/aromatic N) is 1. The van der Waals surface area contributed by atoms with Gasteiger partial charge in [-0.2, -0.15) is 0 Å². The van der Waals surface area contributed by atoms with Crippen LogP contribution >= 0.6 is 0 Å². The molecule has 6 nitrogen and oxygen atoms in total. The zero-order chi connectivity index (χ0) is 14.4. The molecule has 2 N–H and O–H groups in total. The Morgan fingerprint density at radius 1 is 1.30 bits per heavy atom. The molecule has 0 aromatic heterocycles. The molecule has 1 unspecified atom stereocenters. The number of halogens is 1. The van der Waals surface area contributed by atoms with Crippen LogP contribution in [0.1, 0.15) is 28.8 Å². The lowest BCUT2D eigenvalue weighted by atomic mass is 10.0.